The molecule has 1 aliphatic heterocycles. The zero-order chi connectivity index (χ0) is 22.1. The number of ketones is 1. The van der Waals surface area contributed by atoms with Crippen molar-refractivity contribution >= 4 is 40.7 Å². The predicted octanol–water partition coefficient (Wildman–Crippen LogP) is 4.28. The minimum Gasteiger partial charge on any atom is -0.496 e. The molecule has 2 aromatic rings. The lowest BCUT2D eigenvalue weighted by atomic mass is 9.96. The number of ether oxygens (including phenoxy) is 1. The molecule has 1 aliphatic rings. The molecule has 0 aromatic heterocycles. The third-order valence-corrected chi connectivity index (χ3v) is 6.43. The number of thioether (sulfide) groups is 1. The highest BCUT2D eigenvalue weighted by Gasteiger charge is 2.44. The maximum absolute atomic E-state index is 13.4. The van der Waals surface area contributed by atoms with E-state index in [1.165, 1.54) is 18.7 Å². The van der Waals surface area contributed by atoms with Crippen molar-refractivity contribution in [3.05, 3.63) is 53.6 Å². The summed E-state index contributed by atoms with van der Waals surface area (Å²) in [6.07, 6.45) is 0. The van der Waals surface area contributed by atoms with Crippen LogP contribution in [0.2, 0.25) is 0 Å². The van der Waals surface area contributed by atoms with Crippen LogP contribution >= 0.6 is 11.8 Å². The van der Waals surface area contributed by atoms with E-state index in [0.717, 1.165) is 5.56 Å². The van der Waals surface area contributed by atoms with Crippen LogP contribution in [0.4, 0.5) is 11.4 Å². The monoisotopic (exact) mass is 426 g/mol. The van der Waals surface area contributed by atoms with Crippen LogP contribution in [0, 0.1) is 0 Å². The van der Waals surface area contributed by atoms with Gasteiger partial charge < -0.3 is 10.1 Å². The van der Waals surface area contributed by atoms with Crippen molar-refractivity contribution < 1.29 is 19.1 Å². The van der Waals surface area contributed by atoms with Crippen molar-refractivity contribution in [1.82, 2.24) is 0 Å². The second-order valence-electron chi connectivity index (χ2n) is 7.74. The van der Waals surface area contributed by atoms with Gasteiger partial charge in [0.2, 0.25) is 11.8 Å². The molecule has 0 radical (unpaired) electrons. The van der Waals surface area contributed by atoms with Gasteiger partial charge in [0.15, 0.2) is 5.78 Å². The average Bonchev–Trinajstić information content (AvgIpc) is 2.72. The molecule has 0 aliphatic carbocycles. The highest BCUT2D eigenvalue weighted by atomic mass is 32.2. The Hall–Kier alpha value is -2.80. The molecule has 0 bridgehead atoms. The number of methoxy groups -OCH3 is 1. The van der Waals surface area contributed by atoms with Crippen LogP contribution in [0.25, 0.3) is 0 Å². The molecule has 1 atom stereocenters. The van der Waals surface area contributed by atoms with Gasteiger partial charge in [-0.1, -0.05) is 12.1 Å². The molecule has 2 aromatic carbocycles. The van der Waals surface area contributed by atoms with Crippen LogP contribution in [0.1, 0.15) is 43.6 Å². The summed E-state index contributed by atoms with van der Waals surface area (Å²) in [5.74, 6) is 0.789. The van der Waals surface area contributed by atoms with Crippen molar-refractivity contribution in [3.63, 3.8) is 0 Å². The summed E-state index contributed by atoms with van der Waals surface area (Å²) in [5.41, 5.74) is 1.77. The first-order valence-electron chi connectivity index (χ1n) is 9.70. The van der Waals surface area contributed by atoms with Crippen molar-refractivity contribution in [2.45, 2.75) is 44.2 Å². The molecule has 1 heterocycles. The number of fused-ring (bicyclic) bond motifs is 1. The van der Waals surface area contributed by atoms with E-state index >= 15 is 0 Å². The summed E-state index contributed by atoms with van der Waals surface area (Å²) in [7, 11) is 1.58. The van der Waals surface area contributed by atoms with Gasteiger partial charge in [-0.05, 0) is 58.0 Å². The number of nitrogens with zero attached hydrogens (tertiary/aromatic N) is 1. The fraction of sp³-hybridized carbons (Fsp3) is 0.348. The summed E-state index contributed by atoms with van der Waals surface area (Å²) in [6.45, 7) is 6.84. The molecule has 0 fully saturated rings. The molecule has 0 saturated heterocycles. The summed E-state index contributed by atoms with van der Waals surface area (Å²) in [4.78, 5) is 39.3. The number of anilines is 2. The SMILES string of the molecule is COc1ccc(C(C)=O)cc1CSC(C)C(=O)N1c2ccccc2NC(=O)C1(C)C. The molecular weight excluding hydrogens is 400 g/mol. The predicted molar refractivity (Wildman–Crippen MR) is 120 cm³/mol. The maximum Gasteiger partial charge on any atom is 0.250 e. The van der Waals surface area contributed by atoms with Crippen LogP contribution in [-0.4, -0.2) is 35.5 Å². The Labute approximate surface area is 181 Å². The first-order valence-corrected chi connectivity index (χ1v) is 10.8. The van der Waals surface area contributed by atoms with Gasteiger partial charge in [0.05, 0.1) is 23.7 Å². The fourth-order valence-electron chi connectivity index (χ4n) is 3.42. The van der Waals surface area contributed by atoms with E-state index in [-0.39, 0.29) is 17.6 Å². The minimum atomic E-state index is -1.01. The molecule has 2 amide bonds. The number of carbonyl (C=O) groups is 3. The van der Waals surface area contributed by atoms with Gasteiger partial charge in [0.1, 0.15) is 11.3 Å². The number of hydrogen-bond acceptors (Lipinski definition) is 5. The Balaban J connectivity index is 1.84. The zero-order valence-electron chi connectivity index (χ0n) is 17.8. The second kappa shape index (κ2) is 8.52. The van der Waals surface area contributed by atoms with Crippen molar-refractivity contribution in [2.24, 2.45) is 0 Å². The average molecular weight is 427 g/mol. The number of rotatable bonds is 6. The molecule has 7 heteroatoms. The molecule has 0 spiro atoms. The number of benzene rings is 2. The van der Waals surface area contributed by atoms with Crippen molar-refractivity contribution in [2.75, 3.05) is 17.3 Å². The number of para-hydroxylation sites is 2. The van der Waals surface area contributed by atoms with E-state index in [2.05, 4.69) is 5.32 Å². The maximum atomic E-state index is 13.4. The minimum absolute atomic E-state index is 0.0225. The van der Waals surface area contributed by atoms with Crippen LogP contribution in [0.3, 0.4) is 0 Å². The van der Waals surface area contributed by atoms with E-state index in [1.807, 2.05) is 25.1 Å². The highest BCUT2D eigenvalue weighted by molar-refractivity contribution is 7.99. The van der Waals surface area contributed by atoms with Crippen LogP contribution in [0.5, 0.6) is 5.75 Å². The van der Waals surface area contributed by atoms with Crippen molar-refractivity contribution in [3.8, 4) is 5.75 Å². The third-order valence-electron chi connectivity index (χ3n) is 5.25. The number of carbonyl (C=O) groups excluding carboxylic acids is 3. The van der Waals surface area contributed by atoms with Gasteiger partial charge in [-0.15, -0.1) is 11.8 Å². The van der Waals surface area contributed by atoms with Gasteiger partial charge in [0.25, 0.3) is 0 Å². The Morgan fingerprint density at radius 2 is 1.90 bits per heavy atom. The summed E-state index contributed by atoms with van der Waals surface area (Å²) < 4.78 is 5.41. The molecule has 0 saturated carbocycles. The number of Topliss-reactive ketones (excluding diaryl/α,β-unsaturated/α-hetero) is 1. The first-order chi connectivity index (χ1) is 14.2. The largest absolute Gasteiger partial charge is 0.496 e. The van der Waals surface area contributed by atoms with E-state index in [1.54, 1.807) is 50.1 Å². The highest BCUT2D eigenvalue weighted by Crippen LogP contribution is 2.38. The lowest BCUT2D eigenvalue weighted by Crippen LogP contribution is -2.60. The Morgan fingerprint density at radius 1 is 1.20 bits per heavy atom. The summed E-state index contributed by atoms with van der Waals surface area (Å²) in [6, 6.07) is 12.6. The standard InChI is InChI=1S/C23H26N2O4S/c1-14(26)16-10-11-20(29-5)17(12-16)13-30-15(2)21(27)25-19-9-7-6-8-18(19)24-22(28)23(25,3)4/h6-12,15H,13H2,1-5H3,(H,24,28). The van der Waals surface area contributed by atoms with Crippen molar-refractivity contribution in [1.29, 1.82) is 0 Å². The zero-order valence-corrected chi connectivity index (χ0v) is 18.6. The first kappa shape index (κ1) is 21.9. The summed E-state index contributed by atoms with van der Waals surface area (Å²) in [5, 5.41) is 2.47. The Bertz CT molecular complexity index is 1000. The van der Waals surface area contributed by atoms with Gasteiger partial charge >= 0.3 is 0 Å². The van der Waals surface area contributed by atoms with Crippen LogP contribution in [0.15, 0.2) is 42.5 Å². The molecule has 30 heavy (non-hydrogen) atoms. The van der Waals surface area contributed by atoms with E-state index in [9.17, 15) is 14.4 Å². The molecule has 1 N–H and O–H groups in total. The Morgan fingerprint density at radius 3 is 2.57 bits per heavy atom. The fourth-order valence-corrected chi connectivity index (χ4v) is 4.33. The topological polar surface area (TPSA) is 75.7 Å². The van der Waals surface area contributed by atoms with E-state index < -0.39 is 10.8 Å². The van der Waals surface area contributed by atoms with Gasteiger partial charge in [-0.2, -0.15) is 0 Å². The lowest BCUT2D eigenvalue weighted by Gasteiger charge is -2.43. The smallest absolute Gasteiger partial charge is 0.250 e. The van der Waals surface area contributed by atoms with Crippen LogP contribution in [-0.2, 0) is 15.3 Å². The summed E-state index contributed by atoms with van der Waals surface area (Å²) >= 11 is 1.44. The van der Waals surface area contributed by atoms with E-state index in [0.29, 0.717) is 28.4 Å². The normalized spacial score (nSPS) is 15.8. The van der Waals surface area contributed by atoms with Gasteiger partial charge in [0, 0.05) is 16.9 Å². The van der Waals surface area contributed by atoms with E-state index in [4.69, 9.17) is 4.74 Å². The Kier molecular flexibility index (Phi) is 6.22. The van der Waals surface area contributed by atoms with Crippen LogP contribution < -0.4 is 15.0 Å². The second-order valence-corrected chi connectivity index (χ2v) is 9.07. The van der Waals surface area contributed by atoms with Gasteiger partial charge in [-0.25, -0.2) is 0 Å². The molecule has 6 nitrogen and oxygen atoms in total. The molecule has 3 rings (SSSR count). The quantitative estimate of drug-likeness (QED) is 0.698. The number of hydrogen-bond donors (Lipinski definition) is 1. The number of amides is 2. The third kappa shape index (κ3) is 4.07. The lowest BCUT2D eigenvalue weighted by molar-refractivity contribution is -0.126. The number of nitrogens with one attached hydrogen (secondary N) is 1. The van der Waals surface area contributed by atoms with Gasteiger partial charge in [-0.3, -0.25) is 19.3 Å². The molecule has 1 unspecified atom stereocenters. The molecular formula is C23H26N2O4S. The molecule has 158 valence electrons.